The molecule has 2 aromatic carbocycles. The average Bonchev–Trinajstić information content (AvgIpc) is 2.69. The van der Waals surface area contributed by atoms with E-state index in [1.807, 2.05) is 58.9 Å². The number of Topliss-reactive ketones (excluding diaryl/α,β-unsaturated/α-hetero) is 1. The number of fused-ring (bicyclic) bond motifs is 1. The van der Waals surface area contributed by atoms with Gasteiger partial charge in [-0.15, -0.1) is 0 Å². The number of benzene rings is 2. The summed E-state index contributed by atoms with van der Waals surface area (Å²) in [6, 6.07) is 11.0. The molecule has 0 aromatic heterocycles. The maximum atomic E-state index is 12.7. The van der Waals surface area contributed by atoms with Crippen molar-refractivity contribution in [1.82, 2.24) is 0 Å². The molecule has 2 rings (SSSR count). The molecule has 0 amide bonds. The van der Waals surface area contributed by atoms with E-state index < -0.39 is 0 Å². The highest BCUT2D eigenvalue weighted by atomic mass is 16.6. The number of carbonyl (C=O) groups is 2. The third kappa shape index (κ3) is 5.41. The molecule has 0 aliphatic heterocycles. The van der Waals surface area contributed by atoms with Gasteiger partial charge in [-0.05, 0) is 55.7 Å². The zero-order valence-corrected chi connectivity index (χ0v) is 17.9. The van der Waals surface area contributed by atoms with Crippen LogP contribution in [0.15, 0.2) is 36.4 Å². The van der Waals surface area contributed by atoms with Crippen LogP contribution in [0.2, 0.25) is 0 Å². The van der Waals surface area contributed by atoms with E-state index in [2.05, 4.69) is 6.92 Å². The van der Waals surface area contributed by atoms with Crippen LogP contribution in [-0.2, 0) is 9.47 Å². The molecule has 0 radical (unpaired) electrons. The number of hydrogen-bond acceptors (Lipinski definition) is 4. The minimum atomic E-state index is -0.383. The molecule has 0 saturated carbocycles. The van der Waals surface area contributed by atoms with Gasteiger partial charge in [0.25, 0.3) is 0 Å². The van der Waals surface area contributed by atoms with Gasteiger partial charge in [-0.25, -0.2) is 4.79 Å². The maximum Gasteiger partial charge on any atom is 0.338 e. The number of esters is 1. The van der Waals surface area contributed by atoms with Gasteiger partial charge in [0.05, 0.1) is 17.8 Å². The summed E-state index contributed by atoms with van der Waals surface area (Å²) in [5, 5.41) is 1.84. The van der Waals surface area contributed by atoms with Crippen LogP contribution in [0.25, 0.3) is 10.8 Å². The highest BCUT2D eigenvalue weighted by molar-refractivity contribution is 6.04. The van der Waals surface area contributed by atoms with Gasteiger partial charge >= 0.3 is 5.97 Å². The topological polar surface area (TPSA) is 52.6 Å². The summed E-state index contributed by atoms with van der Waals surface area (Å²) in [5.74, 6) is -0.234. The van der Waals surface area contributed by atoms with Crippen molar-refractivity contribution in [3.63, 3.8) is 0 Å². The van der Waals surface area contributed by atoms with Crippen molar-refractivity contribution < 1.29 is 19.1 Å². The van der Waals surface area contributed by atoms with Gasteiger partial charge in [-0.3, -0.25) is 4.79 Å². The molecule has 0 bridgehead atoms. The largest absolute Gasteiger partial charge is 0.460 e. The molecule has 0 atom stereocenters. The Bertz CT molecular complexity index is 849. The number of rotatable bonds is 9. The standard InChI is InChI=1S/C24H32O4/c1-7-23(3,4)21(25)19-11-9-18-16-20(12-10-17(18)15-19)22(26)27-13-14-28-24(5,6)8-2/h9-12,15-16H,7-8,13-14H2,1-6H3. The molecule has 0 aliphatic rings. The summed E-state index contributed by atoms with van der Waals surface area (Å²) in [6.45, 7) is 12.6. The first-order chi connectivity index (χ1) is 13.1. The van der Waals surface area contributed by atoms with Gasteiger partial charge < -0.3 is 9.47 Å². The Balaban J connectivity index is 2.07. The van der Waals surface area contributed by atoms with Crippen LogP contribution < -0.4 is 0 Å². The number of ether oxygens (including phenoxy) is 2. The van der Waals surface area contributed by atoms with Crippen molar-refractivity contribution in [2.75, 3.05) is 13.2 Å². The molecule has 0 unspecified atom stereocenters. The molecule has 0 fully saturated rings. The molecular formula is C24H32O4. The van der Waals surface area contributed by atoms with Crippen LogP contribution in [0.1, 0.15) is 75.1 Å². The normalized spacial score (nSPS) is 12.2. The predicted molar refractivity (Wildman–Crippen MR) is 113 cm³/mol. The average molecular weight is 385 g/mol. The van der Waals surface area contributed by atoms with Crippen LogP contribution in [-0.4, -0.2) is 30.6 Å². The van der Waals surface area contributed by atoms with E-state index in [0.717, 1.165) is 23.6 Å². The van der Waals surface area contributed by atoms with E-state index in [4.69, 9.17) is 9.47 Å². The van der Waals surface area contributed by atoms with Crippen molar-refractivity contribution in [3.05, 3.63) is 47.5 Å². The number of carbonyl (C=O) groups excluding carboxylic acids is 2. The molecular weight excluding hydrogens is 352 g/mol. The SMILES string of the molecule is CCC(C)(C)OCCOC(=O)c1ccc2cc(C(=O)C(C)(C)CC)ccc2c1. The van der Waals surface area contributed by atoms with Crippen LogP contribution in [0.4, 0.5) is 0 Å². The molecule has 4 heteroatoms. The van der Waals surface area contributed by atoms with Crippen molar-refractivity contribution >= 4 is 22.5 Å². The van der Waals surface area contributed by atoms with Gasteiger partial charge in [0.1, 0.15) is 6.61 Å². The molecule has 0 heterocycles. The van der Waals surface area contributed by atoms with E-state index in [9.17, 15) is 9.59 Å². The lowest BCUT2D eigenvalue weighted by molar-refractivity contribution is -0.0409. The van der Waals surface area contributed by atoms with Gasteiger partial charge in [-0.1, -0.05) is 45.9 Å². The first-order valence-corrected chi connectivity index (χ1v) is 9.99. The minimum Gasteiger partial charge on any atom is -0.460 e. The maximum absolute atomic E-state index is 12.7. The fraction of sp³-hybridized carbons (Fsp3) is 0.500. The Morgan fingerprint density at radius 1 is 0.821 bits per heavy atom. The van der Waals surface area contributed by atoms with E-state index in [-0.39, 0.29) is 29.4 Å². The number of hydrogen-bond donors (Lipinski definition) is 0. The Morgan fingerprint density at radius 2 is 1.39 bits per heavy atom. The summed E-state index contributed by atoms with van der Waals surface area (Å²) >= 11 is 0. The van der Waals surface area contributed by atoms with Gasteiger partial charge in [-0.2, -0.15) is 0 Å². The lowest BCUT2D eigenvalue weighted by Gasteiger charge is -2.23. The smallest absolute Gasteiger partial charge is 0.338 e. The lowest BCUT2D eigenvalue weighted by atomic mass is 9.81. The van der Waals surface area contributed by atoms with E-state index in [1.165, 1.54) is 0 Å². The van der Waals surface area contributed by atoms with Crippen LogP contribution >= 0.6 is 0 Å². The monoisotopic (exact) mass is 384 g/mol. The molecule has 4 nitrogen and oxygen atoms in total. The fourth-order valence-electron chi connectivity index (χ4n) is 2.70. The Morgan fingerprint density at radius 3 is 1.96 bits per heavy atom. The molecule has 0 saturated heterocycles. The zero-order chi connectivity index (χ0) is 20.9. The van der Waals surface area contributed by atoms with E-state index in [0.29, 0.717) is 17.7 Å². The Hall–Kier alpha value is -2.20. The minimum absolute atomic E-state index is 0.135. The molecule has 152 valence electrons. The molecule has 2 aromatic rings. The first-order valence-electron chi connectivity index (χ1n) is 9.99. The van der Waals surface area contributed by atoms with Gasteiger partial charge in [0.15, 0.2) is 5.78 Å². The Kier molecular flexibility index (Phi) is 7.00. The van der Waals surface area contributed by atoms with E-state index in [1.54, 1.807) is 12.1 Å². The summed E-state index contributed by atoms with van der Waals surface area (Å²) in [5.41, 5.74) is 0.600. The first kappa shape index (κ1) is 22.1. The third-order valence-corrected chi connectivity index (χ3v) is 5.50. The summed E-state index contributed by atoms with van der Waals surface area (Å²) in [4.78, 5) is 25.0. The summed E-state index contributed by atoms with van der Waals surface area (Å²) in [7, 11) is 0. The second-order valence-corrected chi connectivity index (χ2v) is 8.44. The fourth-order valence-corrected chi connectivity index (χ4v) is 2.70. The molecule has 0 spiro atoms. The summed E-state index contributed by atoms with van der Waals surface area (Å²) in [6.07, 6.45) is 1.68. The van der Waals surface area contributed by atoms with E-state index >= 15 is 0 Å². The van der Waals surface area contributed by atoms with Gasteiger partial charge in [0, 0.05) is 11.0 Å². The van der Waals surface area contributed by atoms with Crippen molar-refractivity contribution in [2.24, 2.45) is 5.41 Å². The van der Waals surface area contributed by atoms with Crippen LogP contribution in [0.5, 0.6) is 0 Å². The number of ketones is 1. The molecule has 28 heavy (non-hydrogen) atoms. The zero-order valence-electron chi connectivity index (χ0n) is 17.9. The second kappa shape index (κ2) is 8.87. The van der Waals surface area contributed by atoms with Crippen molar-refractivity contribution in [1.29, 1.82) is 0 Å². The van der Waals surface area contributed by atoms with Gasteiger partial charge in [0.2, 0.25) is 0 Å². The second-order valence-electron chi connectivity index (χ2n) is 8.44. The highest BCUT2D eigenvalue weighted by Crippen LogP contribution is 2.27. The molecule has 0 N–H and O–H groups in total. The summed E-state index contributed by atoms with van der Waals surface area (Å²) < 4.78 is 11.0. The molecule has 0 aliphatic carbocycles. The predicted octanol–water partition coefficient (Wildman–Crippen LogP) is 5.82. The Labute approximate surface area is 168 Å². The quantitative estimate of drug-likeness (QED) is 0.310. The van der Waals surface area contributed by atoms with Crippen LogP contribution in [0, 0.1) is 5.41 Å². The third-order valence-electron chi connectivity index (χ3n) is 5.50. The lowest BCUT2D eigenvalue weighted by Crippen LogP contribution is -2.25. The van der Waals surface area contributed by atoms with Crippen molar-refractivity contribution in [3.8, 4) is 0 Å². The van der Waals surface area contributed by atoms with Crippen molar-refractivity contribution in [2.45, 2.75) is 60.0 Å². The highest BCUT2D eigenvalue weighted by Gasteiger charge is 2.26. The van der Waals surface area contributed by atoms with Crippen LogP contribution in [0.3, 0.4) is 0 Å².